The van der Waals surface area contributed by atoms with Crippen molar-refractivity contribution in [3.05, 3.63) is 58.9 Å². The highest BCUT2D eigenvalue weighted by atomic mass is 19.1. The molecule has 3 heterocycles. The molecule has 152 valence electrons. The van der Waals surface area contributed by atoms with Crippen LogP contribution in [0, 0.1) is 5.82 Å². The van der Waals surface area contributed by atoms with E-state index in [0.717, 1.165) is 5.56 Å². The molecule has 1 fully saturated rings. The third kappa shape index (κ3) is 3.33. The fourth-order valence-electron chi connectivity index (χ4n) is 3.73. The number of rotatable bonds is 3. The van der Waals surface area contributed by atoms with Crippen molar-refractivity contribution in [3.63, 3.8) is 0 Å². The Morgan fingerprint density at radius 2 is 2.07 bits per heavy atom. The number of ether oxygens (including phenoxy) is 1. The average molecular weight is 407 g/mol. The zero-order chi connectivity index (χ0) is 20.8. The standard InChI is InChI=1S/C21H18FN5O3/c1-27-9-13(10-27)30-21(29)26-20-24-16-5-2-11(6-17(16)25-20)19-15-7-12(22)3-4-14(15)18(28)8-23-19/h2-7,13H,8-10H2,1H3,(H2,24,25,26,29). The first kappa shape index (κ1) is 18.4. The van der Waals surface area contributed by atoms with Gasteiger partial charge in [0.25, 0.3) is 0 Å². The lowest BCUT2D eigenvalue weighted by Gasteiger charge is -2.34. The van der Waals surface area contributed by atoms with Crippen LogP contribution in [-0.4, -0.2) is 65.2 Å². The first-order chi connectivity index (χ1) is 14.5. The minimum Gasteiger partial charge on any atom is -0.443 e. The second-order valence-electron chi connectivity index (χ2n) is 7.47. The highest BCUT2D eigenvalue weighted by Gasteiger charge is 2.27. The highest BCUT2D eigenvalue weighted by Crippen LogP contribution is 2.24. The maximum absolute atomic E-state index is 13.8. The van der Waals surface area contributed by atoms with Gasteiger partial charge < -0.3 is 9.72 Å². The number of carbonyl (C=O) groups is 2. The van der Waals surface area contributed by atoms with Crippen LogP contribution < -0.4 is 5.32 Å². The van der Waals surface area contributed by atoms with Crippen LogP contribution >= 0.6 is 0 Å². The number of aromatic nitrogens is 2. The molecule has 0 bridgehead atoms. The second-order valence-corrected chi connectivity index (χ2v) is 7.47. The van der Waals surface area contributed by atoms with Gasteiger partial charge in [-0.25, -0.2) is 14.2 Å². The van der Waals surface area contributed by atoms with Crippen molar-refractivity contribution in [1.82, 2.24) is 14.9 Å². The number of imidazole rings is 1. The molecule has 0 unspecified atom stereocenters. The molecule has 0 saturated carbocycles. The van der Waals surface area contributed by atoms with E-state index in [1.54, 1.807) is 12.1 Å². The molecule has 0 radical (unpaired) electrons. The van der Waals surface area contributed by atoms with Crippen molar-refractivity contribution in [2.75, 3.05) is 32.0 Å². The van der Waals surface area contributed by atoms with Crippen LogP contribution in [0.3, 0.4) is 0 Å². The van der Waals surface area contributed by atoms with Crippen LogP contribution in [0.15, 0.2) is 41.4 Å². The molecular weight excluding hydrogens is 389 g/mol. The fourth-order valence-corrected chi connectivity index (χ4v) is 3.73. The molecule has 9 heteroatoms. The predicted molar refractivity (Wildman–Crippen MR) is 109 cm³/mol. The van der Waals surface area contributed by atoms with Crippen molar-refractivity contribution in [2.45, 2.75) is 6.10 Å². The normalized spacial score (nSPS) is 16.7. The molecule has 8 nitrogen and oxygen atoms in total. The van der Waals surface area contributed by atoms with E-state index < -0.39 is 11.9 Å². The van der Waals surface area contributed by atoms with Crippen LogP contribution in [0.25, 0.3) is 11.0 Å². The Kier molecular flexibility index (Phi) is 4.32. The molecule has 2 aromatic carbocycles. The molecule has 1 saturated heterocycles. The molecule has 3 aromatic rings. The van der Waals surface area contributed by atoms with Crippen LogP contribution in [-0.2, 0) is 4.74 Å². The number of likely N-dealkylation sites (N-methyl/N-ethyl adjacent to an activating group) is 1. The van der Waals surface area contributed by atoms with Crippen molar-refractivity contribution in [3.8, 4) is 0 Å². The SMILES string of the molecule is CN1CC(OC(=O)Nc2nc3ccc(C4=NCC(=O)c5ccc(F)cc54)cc3[nH]2)C1. The number of ketones is 1. The van der Waals surface area contributed by atoms with Gasteiger partial charge in [-0.05, 0) is 37.4 Å². The number of H-pyrrole nitrogens is 1. The number of nitrogens with zero attached hydrogens (tertiary/aromatic N) is 3. The summed E-state index contributed by atoms with van der Waals surface area (Å²) in [6, 6.07) is 9.47. The summed E-state index contributed by atoms with van der Waals surface area (Å²) in [6.07, 6.45) is -0.676. The quantitative estimate of drug-likeness (QED) is 0.695. The minimum absolute atomic E-state index is 0.0178. The predicted octanol–water partition coefficient (Wildman–Crippen LogP) is 2.60. The van der Waals surface area contributed by atoms with Gasteiger partial charge in [0, 0.05) is 29.8 Å². The number of amides is 1. The van der Waals surface area contributed by atoms with E-state index in [9.17, 15) is 14.0 Å². The van der Waals surface area contributed by atoms with Crippen molar-refractivity contribution < 1.29 is 18.7 Å². The van der Waals surface area contributed by atoms with Crippen LogP contribution in [0.4, 0.5) is 15.1 Å². The number of nitrogens with one attached hydrogen (secondary N) is 2. The van der Waals surface area contributed by atoms with E-state index in [4.69, 9.17) is 4.74 Å². The summed E-state index contributed by atoms with van der Waals surface area (Å²) >= 11 is 0. The Labute approximate surface area is 170 Å². The Balaban J connectivity index is 1.40. The zero-order valence-electron chi connectivity index (χ0n) is 16.1. The monoisotopic (exact) mass is 407 g/mol. The van der Waals surface area contributed by atoms with E-state index in [1.165, 1.54) is 18.2 Å². The summed E-state index contributed by atoms with van der Waals surface area (Å²) in [7, 11) is 1.95. The smallest absolute Gasteiger partial charge is 0.414 e. The number of anilines is 1. The third-order valence-corrected chi connectivity index (χ3v) is 5.20. The van der Waals surface area contributed by atoms with Gasteiger partial charge in [0.15, 0.2) is 5.78 Å². The van der Waals surface area contributed by atoms with E-state index in [2.05, 4.69) is 20.3 Å². The summed E-state index contributed by atoms with van der Waals surface area (Å²) in [4.78, 5) is 37.9. The number of Topliss-reactive ketones (excluding diaryl/α,β-unsaturated/α-hetero) is 1. The van der Waals surface area contributed by atoms with Gasteiger partial charge in [0.1, 0.15) is 18.5 Å². The number of aromatic amines is 1. The minimum atomic E-state index is -0.563. The number of hydrogen-bond donors (Lipinski definition) is 2. The summed E-state index contributed by atoms with van der Waals surface area (Å²) in [5.41, 5.74) is 3.50. The number of likely N-dealkylation sites (tertiary alicyclic amines) is 1. The molecule has 30 heavy (non-hydrogen) atoms. The molecule has 0 aliphatic carbocycles. The van der Waals surface area contributed by atoms with Gasteiger partial charge in [-0.3, -0.25) is 20.0 Å². The number of fused-ring (bicyclic) bond motifs is 2. The van der Waals surface area contributed by atoms with E-state index in [1.807, 2.05) is 18.0 Å². The number of hydrogen-bond acceptors (Lipinski definition) is 6. The molecular formula is C21H18FN5O3. The number of benzene rings is 2. The van der Waals surface area contributed by atoms with Gasteiger partial charge in [0.05, 0.1) is 16.7 Å². The van der Waals surface area contributed by atoms with Crippen molar-refractivity contribution in [2.24, 2.45) is 4.99 Å². The molecule has 2 N–H and O–H groups in total. The Morgan fingerprint density at radius 1 is 1.23 bits per heavy atom. The molecule has 2 aliphatic rings. The Hall–Kier alpha value is -3.59. The number of carbonyl (C=O) groups excluding carboxylic acids is 2. The van der Waals surface area contributed by atoms with E-state index in [-0.39, 0.29) is 24.4 Å². The summed E-state index contributed by atoms with van der Waals surface area (Å²) in [6.45, 7) is 1.44. The fraction of sp³-hybridized carbons (Fsp3) is 0.238. The molecule has 2 aliphatic heterocycles. The Morgan fingerprint density at radius 3 is 2.87 bits per heavy atom. The first-order valence-corrected chi connectivity index (χ1v) is 9.50. The largest absolute Gasteiger partial charge is 0.443 e. The first-order valence-electron chi connectivity index (χ1n) is 9.50. The second kappa shape index (κ2) is 7.03. The molecule has 1 aromatic heterocycles. The third-order valence-electron chi connectivity index (χ3n) is 5.20. The molecule has 1 amide bonds. The Bertz CT molecular complexity index is 1210. The van der Waals surface area contributed by atoms with Crippen LogP contribution in [0.5, 0.6) is 0 Å². The molecule has 0 spiro atoms. The lowest BCUT2D eigenvalue weighted by molar-refractivity contribution is 0.00676. The summed E-state index contributed by atoms with van der Waals surface area (Å²) < 4.78 is 19.1. The topological polar surface area (TPSA) is 99.7 Å². The highest BCUT2D eigenvalue weighted by molar-refractivity contribution is 6.22. The maximum atomic E-state index is 13.8. The lowest BCUT2D eigenvalue weighted by Crippen LogP contribution is -2.50. The van der Waals surface area contributed by atoms with Gasteiger partial charge >= 0.3 is 6.09 Å². The van der Waals surface area contributed by atoms with Crippen LogP contribution in [0.2, 0.25) is 0 Å². The lowest BCUT2D eigenvalue weighted by atomic mass is 9.92. The molecule has 5 rings (SSSR count). The maximum Gasteiger partial charge on any atom is 0.414 e. The van der Waals surface area contributed by atoms with E-state index in [0.29, 0.717) is 41.0 Å². The van der Waals surface area contributed by atoms with Gasteiger partial charge in [-0.15, -0.1) is 0 Å². The summed E-state index contributed by atoms with van der Waals surface area (Å²) in [5.74, 6) is -0.299. The van der Waals surface area contributed by atoms with Gasteiger partial charge in [0.2, 0.25) is 5.95 Å². The average Bonchev–Trinajstić information content (AvgIpc) is 3.08. The van der Waals surface area contributed by atoms with Crippen LogP contribution in [0.1, 0.15) is 21.5 Å². The van der Waals surface area contributed by atoms with Gasteiger partial charge in [-0.1, -0.05) is 6.07 Å². The summed E-state index contributed by atoms with van der Waals surface area (Å²) in [5, 5.41) is 2.60. The van der Waals surface area contributed by atoms with Crippen molar-refractivity contribution >= 4 is 34.6 Å². The van der Waals surface area contributed by atoms with Gasteiger partial charge in [-0.2, -0.15) is 0 Å². The van der Waals surface area contributed by atoms with Crippen molar-refractivity contribution in [1.29, 1.82) is 0 Å². The number of halogens is 1. The number of aliphatic imine (C=N–C) groups is 1. The molecule has 0 atom stereocenters. The zero-order valence-corrected chi connectivity index (χ0v) is 16.1. The van der Waals surface area contributed by atoms with E-state index >= 15 is 0 Å².